The number of alkyl halides is 6. The number of rotatable bonds is 32. The van der Waals surface area contributed by atoms with E-state index in [1.54, 1.807) is 0 Å². The summed E-state index contributed by atoms with van der Waals surface area (Å²) in [5.74, 6) is -22.3. The summed E-state index contributed by atoms with van der Waals surface area (Å²) in [6, 6.07) is 0. The topological polar surface area (TPSA) is 40.6 Å². The summed E-state index contributed by atoms with van der Waals surface area (Å²) in [5.41, 5.74) is 0. The van der Waals surface area contributed by atoms with E-state index in [4.69, 9.17) is 0 Å². The van der Waals surface area contributed by atoms with E-state index < -0.39 is 29.6 Å². The Labute approximate surface area is 283 Å². The van der Waals surface area contributed by atoms with Gasteiger partial charge in [-0.2, -0.15) is 26.3 Å². The number of halogens is 6. The van der Waals surface area contributed by atoms with Gasteiger partial charge in [-0.15, -0.1) is 0 Å². The van der Waals surface area contributed by atoms with Gasteiger partial charge in [0.15, 0.2) is 0 Å². The second-order valence-corrected chi connectivity index (χ2v) is 13.4. The normalized spacial score (nSPS) is 12.5. The van der Waals surface area contributed by atoms with Crippen molar-refractivity contribution in [3.8, 4) is 0 Å². The van der Waals surface area contributed by atoms with Crippen LogP contribution in [0.3, 0.4) is 0 Å². The summed E-state index contributed by atoms with van der Waals surface area (Å²) in [7, 11) is 0. The monoisotopic (exact) mass is 687 g/mol. The zero-order valence-electron chi connectivity index (χ0n) is 30.3. The Balaban J connectivity index is 5.81. The van der Waals surface area contributed by atoms with Crippen LogP contribution in [0.15, 0.2) is 0 Å². The predicted octanol–water partition coefficient (Wildman–Crippen LogP) is 12.0. The Kier molecular flexibility index (Phi) is 25.6. The van der Waals surface area contributed by atoms with Crippen LogP contribution in [0.4, 0.5) is 26.3 Å². The van der Waals surface area contributed by atoms with Crippen molar-refractivity contribution in [1.82, 2.24) is 9.80 Å². The maximum absolute atomic E-state index is 15.4. The molecule has 0 fully saturated rings. The van der Waals surface area contributed by atoms with Crippen LogP contribution in [0.5, 0.6) is 0 Å². The van der Waals surface area contributed by atoms with Gasteiger partial charge in [-0.3, -0.25) is 9.59 Å². The molecule has 0 radical (unpaired) electrons. The largest absolute Gasteiger partial charge is 0.393 e. The highest BCUT2D eigenvalue weighted by molar-refractivity contribution is 5.90. The molecule has 0 aliphatic carbocycles. The first-order chi connectivity index (χ1) is 22.4. The average molecular weight is 687 g/mol. The Bertz CT molecular complexity index is 703. The molecule has 2 amide bonds. The minimum atomic E-state index is -6.19. The molecule has 0 aromatic heterocycles. The van der Waals surface area contributed by atoms with Crippen LogP contribution in [0, 0.1) is 0 Å². The van der Waals surface area contributed by atoms with Crippen molar-refractivity contribution in [2.75, 3.05) is 26.2 Å². The lowest BCUT2D eigenvalue weighted by atomic mass is 10.0. The molecule has 0 bridgehead atoms. The van der Waals surface area contributed by atoms with Crippen LogP contribution in [0.25, 0.3) is 0 Å². The molecular formula is C37H68F6N2O2. The number of hydrogen-bond donors (Lipinski definition) is 0. The molecule has 0 aromatic rings. The molecule has 0 aromatic carbocycles. The molecule has 0 N–H and O–H groups in total. The summed E-state index contributed by atoms with van der Waals surface area (Å²) < 4.78 is 92.1. The van der Waals surface area contributed by atoms with E-state index in [0.29, 0.717) is 61.2 Å². The first kappa shape index (κ1) is 45.5. The number of carbonyl (C=O) groups is 2. The molecule has 0 heterocycles. The van der Waals surface area contributed by atoms with Crippen LogP contribution in [0.1, 0.15) is 182 Å². The lowest BCUT2D eigenvalue weighted by Crippen LogP contribution is -2.66. The Morgan fingerprint density at radius 3 is 0.766 bits per heavy atom. The summed E-state index contributed by atoms with van der Waals surface area (Å²) in [6.07, 6.45) is 18.7. The predicted molar refractivity (Wildman–Crippen MR) is 182 cm³/mol. The highest BCUT2D eigenvalue weighted by Crippen LogP contribution is 2.47. The number of hydrogen-bond acceptors (Lipinski definition) is 2. The highest BCUT2D eigenvalue weighted by Gasteiger charge is 2.78. The maximum atomic E-state index is 15.4. The molecule has 10 heteroatoms. The molecule has 0 atom stereocenters. The van der Waals surface area contributed by atoms with E-state index in [1.807, 2.05) is 27.7 Å². The van der Waals surface area contributed by atoms with Gasteiger partial charge >= 0.3 is 17.8 Å². The van der Waals surface area contributed by atoms with Crippen molar-refractivity contribution in [3.63, 3.8) is 0 Å². The second-order valence-electron chi connectivity index (χ2n) is 13.4. The highest BCUT2D eigenvalue weighted by atomic mass is 19.3. The number of amides is 2. The molecule has 47 heavy (non-hydrogen) atoms. The van der Waals surface area contributed by atoms with Crippen molar-refractivity contribution >= 4 is 11.8 Å². The van der Waals surface area contributed by atoms with E-state index in [2.05, 4.69) is 0 Å². The lowest BCUT2D eigenvalue weighted by Gasteiger charge is -2.36. The molecule has 280 valence electrons. The standard InChI is InChI=1S/C37H68F6N2O2/c1-5-9-13-17-21-25-29-44(30-26-22-18-14-10-6-2)33(46)35(38,39)37(42,43)36(40,41)34(47)45(31-27-23-19-15-11-7-3)32-28-24-20-16-12-8-4/h5-32H2,1-4H3. The van der Waals surface area contributed by atoms with E-state index >= 15 is 26.3 Å². The lowest BCUT2D eigenvalue weighted by molar-refractivity contribution is -0.293. The summed E-state index contributed by atoms with van der Waals surface area (Å²) in [5, 5.41) is 0. The SMILES string of the molecule is CCCCCCCCN(CCCCCCCC)C(=O)C(F)(F)C(F)(F)C(F)(F)C(=O)N(CCCCCCCC)CCCCCCCC. The van der Waals surface area contributed by atoms with Crippen LogP contribution in [-0.2, 0) is 9.59 Å². The molecule has 0 saturated carbocycles. The Morgan fingerprint density at radius 1 is 0.362 bits per heavy atom. The molecule has 0 rings (SSSR count). The van der Waals surface area contributed by atoms with Crippen molar-refractivity contribution in [3.05, 3.63) is 0 Å². The minimum Gasteiger partial charge on any atom is -0.337 e. The van der Waals surface area contributed by atoms with Crippen LogP contribution in [0.2, 0.25) is 0 Å². The average Bonchev–Trinajstić information content (AvgIpc) is 3.04. The molecule has 0 aliphatic heterocycles. The fourth-order valence-electron chi connectivity index (χ4n) is 5.82. The van der Waals surface area contributed by atoms with Gasteiger partial charge in [-0.1, -0.05) is 156 Å². The molecular weight excluding hydrogens is 618 g/mol. The van der Waals surface area contributed by atoms with Gasteiger partial charge in [0.25, 0.3) is 11.8 Å². The first-order valence-electron chi connectivity index (χ1n) is 19.1. The molecule has 4 nitrogen and oxygen atoms in total. The second kappa shape index (κ2) is 26.4. The Hall–Kier alpha value is -1.48. The smallest absolute Gasteiger partial charge is 0.337 e. The van der Waals surface area contributed by atoms with Crippen molar-refractivity contribution < 1.29 is 35.9 Å². The fourth-order valence-corrected chi connectivity index (χ4v) is 5.82. The van der Waals surface area contributed by atoms with E-state index in [1.165, 1.54) is 0 Å². The van der Waals surface area contributed by atoms with Crippen molar-refractivity contribution in [1.29, 1.82) is 0 Å². The third-order valence-corrected chi connectivity index (χ3v) is 9.03. The maximum Gasteiger partial charge on any atom is 0.393 e. The Morgan fingerprint density at radius 2 is 0.553 bits per heavy atom. The number of nitrogens with zero attached hydrogens (tertiary/aromatic N) is 2. The van der Waals surface area contributed by atoms with Crippen LogP contribution >= 0.6 is 0 Å². The summed E-state index contributed by atoms with van der Waals surface area (Å²) in [6.45, 7) is 7.33. The van der Waals surface area contributed by atoms with Gasteiger partial charge in [-0.25, -0.2) is 0 Å². The fraction of sp³-hybridized carbons (Fsp3) is 0.946. The summed E-state index contributed by atoms with van der Waals surface area (Å²) in [4.78, 5) is 27.3. The van der Waals surface area contributed by atoms with Gasteiger partial charge in [0.1, 0.15) is 0 Å². The van der Waals surface area contributed by atoms with Gasteiger partial charge in [0.2, 0.25) is 0 Å². The van der Waals surface area contributed by atoms with Crippen molar-refractivity contribution in [2.45, 2.75) is 200 Å². The first-order valence-corrected chi connectivity index (χ1v) is 19.1. The minimum absolute atomic E-state index is 0.215. The molecule has 0 unspecified atom stereocenters. The van der Waals surface area contributed by atoms with Crippen LogP contribution < -0.4 is 0 Å². The van der Waals surface area contributed by atoms with Gasteiger partial charge < -0.3 is 9.80 Å². The van der Waals surface area contributed by atoms with Crippen LogP contribution in [-0.4, -0.2) is 65.6 Å². The number of unbranched alkanes of at least 4 members (excludes halogenated alkanes) is 20. The van der Waals surface area contributed by atoms with E-state index in [9.17, 15) is 9.59 Å². The third-order valence-electron chi connectivity index (χ3n) is 9.03. The van der Waals surface area contributed by atoms with Gasteiger partial charge in [-0.05, 0) is 25.7 Å². The quantitative estimate of drug-likeness (QED) is 0.0522. The van der Waals surface area contributed by atoms with Crippen molar-refractivity contribution in [2.24, 2.45) is 0 Å². The van der Waals surface area contributed by atoms with E-state index in [0.717, 1.165) is 103 Å². The zero-order chi connectivity index (χ0) is 35.6. The summed E-state index contributed by atoms with van der Waals surface area (Å²) >= 11 is 0. The molecule has 0 aliphatic rings. The molecule has 0 spiro atoms. The molecule has 0 saturated heterocycles. The van der Waals surface area contributed by atoms with E-state index in [-0.39, 0.29) is 26.2 Å². The van der Waals surface area contributed by atoms with Gasteiger partial charge in [0, 0.05) is 26.2 Å². The third kappa shape index (κ3) is 17.1. The van der Waals surface area contributed by atoms with Gasteiger partial charge in [0.05, 0.1) is 0 Å². The number of carbonyl (C=O) groups excluding carboxylic acids is 2. The zero-order valence-corrected chi connectivity index (χ0v) is 30.3.